The predicted octanol–water partition coefficient (Wildman–Crippen LogP) is 0.953. The fourth-order valence-electron chi connectivity index (χ4n) is 2.89. The van der Waals surface area contributed by atoms with Crippen LogP contribution in [-0.4, -0.2) is 46.6 Å². The highest BCUT2D eigenvalue weighted by Gasteiger charge is 2.39. The highest BCUT2D eigenvalue weighted by Crippen LogP contribution is 2.29. The summed E-state index contributed by atoms with van der Waals surface area (Å²) in [6.45, 7) is 7.96. The van der Waals surface area contributed by atoms with Crippen molar-refractivity contribution in [3.8, 4) is 0 Å². The normalized spacial score (nSPS) is 26.9. The zero-order valence-electron chi connectivity index (χ0n) is 10.7. The molecule has 0 bridgehead atoms. The molecule has 2 atom stereocenters. The number of carbonyl (C=O) groups is 1. The van der Waals surface area contributed by atoms with Gasteiger partial charge in [0.05, 0.1) is 5.69 Å². The summed E-state index contributed by atoms with van der Waals surface area (Å²) in [5.41, 5.74) is 0.847. The van der Waals surface area contributed by atoms with Crippen molar-refractivity contribution in [2.24, 2.45) is 11.8 Å². The number of aromatic nitrogens is 2. The van der Waals surface area contributed by atoms with Gasteiger partial charge in [0.2, 0.25) is 0 Å². The molecule has 6 heteroatoms. The topological polar surface area (TPSA) is 58.1 Å². The van der Waals surface area contributed by atoms with Crippen LogP contribution in [0.15, 0.2) is 0 Å². The smallest absolute Gasteiger partial charge is 0.267 e. The van der Waals surface area contributed by atoms with Crippen LogP contribution in [0.25, 0.3) is 0 Å². The van der Waals surface area contributed by atoms with Gasteiger partial charge in [0.25, 0.3) is 5.91 Å². The van der Waals surface area contributed by atoms with Gasteiger partial charge < -0.3 is 10.2 Å². The van der Waals surface area contributed by atoms with Crippen LogP contribution in [0.1, 0.15) is 35.1 Å². The van der Waals surface area contributed by atoms with Crippen LogP contribution in [0.5, 0.6) is 0 Å². The second kappa shape index (κ2) is 4.59. The zero-order chi connectivity index (χ0) is 12.7. The Labute approximate surface area is 111 Å². The molecule has 0 aliphatic carbocycles. The lowest BCUT2D eigenvalue weighted by Gasteiger charge is -2.17. The molecule has 1 aromatic heterocycles. The molecule has 1 aromatic rings. The molecule has 0 aromatic carbocycles. The van der Waals surface area contributed by atoms with Crippen molar-refractivity contribution in [3.63, 3.8) is 0 Å². The number of carbonyl (C=O) groups excluding carboxylic acids is 1. The summed E-state index contributed by atoms with van der Waals surface area (Å²) in [5.74, 6) is 1.66. The average molecular weight is 266 g/mol. The van der Waals surface area contributed by atoms with Crippen molar-refractivity contribution in [1.82, 2.24) is 19.8 Å². The first kappa shape index (κ1) is 12.0. The van der Waals surface area contributed by atoms with E-state index in [2.05, 4.69) is 28.8 Å². The molecular formula is C12H18N4OS. The lowest BCUT2D eigenvalue weighted by Crippen LogP contribution is -2.32. The van der Waals surface area contributed by atoms with Gasteiger partial charge in [0.1, 0.15) is 4.88 Å². The Hall–Kier alpha value is -1.01. The van der Waals surface area contributed by atoms with Crippen molar-refractivity contribution < 1.29 is 4.79 Å². The highest BCUT2D eigenvalue weighted by molar-refractivity contribution is 7.08. The molecular weight excluding hydrogens is 248 g/mol. The minimum atomic E-state index is 0.128. The molecule has 0 saturated carbocycles. The number of nitrogens with zero attached hydrogens (tertiary/aromatic N) is 3. The van der Waals surface area contributed by atoms with E-state index >= 15 is 0 Å². The quantitative estimate of drug-likeness (QED) is 0.866. The number of hydrogen-bond donors (Lipinski definition) is 1. The standard InChI is InChI=1S/C12H18N4OS/c1-7(2)10-11(18-15-14-10)12(17)16-5-8-3-13-4-9(8)6-16/h7-9,13H,3-6H2,1-2H3/t8-,9+. The SMILES string of the molecule is CC(C)c1nnsc1C(=O)N1C[C@H]2CNC[C@H]2C1. The summed E-state index contributed by atoms with van der Waals surface area (Å²) in [4.78, 5) is 15.2. The van der Waals surface area contributed by atoms with Gasteiger partial charge >= 0.3 is 0 Å². The third kappa shape index (κ3) is 1.93. The Kier molecular flexibility index (Phi) is 3.07. The van der Waals surface area contributed by atoms with E-state index in [1.54, 1.807) is 0 Å². The van der Waals surface area contributed by atoms with Crippen molar-refractivity contribution in [3.05, 3.63) is 10.6 Å². The number of amides is 1. The summed E-state index contributed by atoms with van der Waals surface area (Å²) in [5, 5.41) is 7.48. The van der Waals surface area contributed by atoms with Crippen LogP contribution >= 0.6 is 11.5 Å². The molecule has 0 spiro atoms. The lowest BCUT2D eigenvalue weighted by atomic mass is 10.0. The van der Waals surface area contributed by atoms with E-state index in [0.29, 0.717) is 11.8 Å². The van der Waals surface area contributed by atoms with Crippen molar-refractivity contribution in [2.75, 3.05) is 26.2 Å². The molecule has 98 valence electrons. The molecule has 2 saturated heterocycles. The van der Waals surface area contributed by atoms with Gasteiger partial charge in [-0.3, -0.25) is 4.79 Å². The van der Waals surface area contributed by atoms with Gasteiger partial charge in [-0.2, -0.15) is 0 Å². The van der Waals surface area contributed by atoms with Crippen LogP contribution < -0.4 is 5.32 Å². The number of rotatable bonds is 2. The van der Waals surface area contributed by atoms with Gasteiger partial charge in [-0.1, -0.05) is 18.3 Å². The van der Waals surface area contributed by atoms with Crippen LogP contribution in [0, 0.1) is 11.8 Å². The first-order valence-corrected chi connectivity index (χ1v) is 7.26. The van der Waals surface area contributed by atoms with E-state index in [9.17, 15) is 4.79 Å². The van der Waals surface area contributed by atoms with E-state index in [4.69, 9.17) is 0 Å². The number of fused-ring (bicyclic) bond motifs is 1. The van der Waals surface area contributed by atoms with E-state index in [-0.39, 0.29) is 11.8 Å². The third-order valence-electron chi connectivity index (χ3n) is 3.93. The Morgan fingerprint density at radius 2 is 2.06 bits per heavy atom. The maximum absolute atomic E-state index is 12.5. The van der Waals surface area contributed by atoms with E-state index in [1.807, 2.05) is 4.90 Å². The first-order valence-electron chi connectivity index (χ1n) is 6.49. The minimum Gasteiger partial charge on any atom is -0.337 e. The summed E-state index contributed by atoms with van der Waals surface area (Å²) >= 11 is 1.23. The molecule has 2 aliphatic heterocycles. The number of nitrogens with one attached hydrogen (secondary N) is 1. The Bertz CT molecular complexity index is 447. The second-order valence-corrected chi connectivity index (χ2v) is 6.28. The molecule has 18 heavy (non-hydrogen) atoms. The molecule has 5 nitrogen and oxygen atoms in total. The first-order chi connectivity index (χ1) is 8.66. The maximum atomic E-state index is 12.5. The minimum absolute atomic E-state index is 0.128. The van der Waals surface area contributed by atoms with Gasteiger partial charge in [0.15, 0.2) is 0 Å². The highest BCUT2D eigenvalue weighted by atomic mass is 32.1. The van der Waals surface area contributed by atoms with Gasteiger partial charge in [-0.15, -0.1) is 5.10 Å². The summed E-state index contributed by atoms with van der Waals surface area (Å²) in [7, 11) is 0. The molecule has 3 heterocycles. The van der Waals surface area contributed by atoms with Gasteiger partial charge in [0, 0.05) is 26.2 Å². The van der Waals surface area contributed by atoms with Gasteiger partial charge in [-0.05, 0) is 29.3 Å². The lowest BCUT2D eigenvalue weighted by molar-refractivity contribution is 0.0785. The molecule has 1 N–H and O–H groups in total. The molecule has 3 rings (SSSR count). The molecule has 2 fully saturated rings. The van der Waals surface area contributed by atoms with Crippen LogP contribution in [0.4, 0.5) is 0 Å². The fraction of sp³-hybridized carbons (Fsp3) is 0.750. The number of hydrogen-bond acceptors (Lipinski definition) is 5. The molecule has 0 unspecified atom stereocenters. The van der Waals surface area contributed by atoms with E-state index < -0.39 is 0 Å². The Morgan fingerprint density at radius 1 is 1.39 bits per heavy atom. The monoisotopic (exact) mass is 266 g/mol. The Morgan fingerprint density at radius 3 is 2.67 bits per heavy atom. The molecule has 0 radical (unpaired) electrons. The van der Waals surface area contributed by atoms with E-state index in [0.717, 1.165) is 36.8 Å². The van der Waals surface area contributed by atoms with Crippen LogP contribution in [-0.2, 0) is 0 Å². The van der Waals surface area contributed by atoms with Crippen molar-refractivity contribution >= 4 is 17.4 Å². The second-order valence-electron chi connectivity index (χ2n) is 5.53. The summed E-state index contributed by atoms with van der Waals surface area (Å²) in [6, 6.07) is 0. The van der Waals surface area contributed by atoms with Crippen LogP contribution in [0.3, 0.4) is 0 Å². The van der Waals surface area contributed by atoms with Crippen LogP contribution in [0.2, 0.25) is 0 Å². The predicted molar refractivity (Wildman–Crippen MR) is 69.8 cm³/mol. The Balaban J connectivity index is 1.77. The number of likely N-dealkylation sites (tertiary alicyclic amines) is 1. The van der Waals surface area contributed by atoms with Crippen molar-refractivity contribution in [2.45, 2.75) is 19.8 Å². The molecule has 1 amide bonds. The maximum Gasteiger partial charge on any atom is 0.267 e. The third-order valence-corrected chi connectivity index (χ3v) is 4.66. The average Bonchev–Trinajstić information content (AvgIpc) is 3.02. The fourth-order valence-corrected chi connectivity index (χ4v) is 3.68. The van der Waals surface area contributed by atoms with Gasteiger partial charge in [-0.25, -0.2) is 0 Å². The van der Waals surface area contributed by atoms with E-state index in [1.165, 1.54) is 11.5 Å². The summed E-state index contributed by atoms with van der Waals surface area (Å²) < 4.78 is 3.94. The van der Waals surface area contributed by atoms with Crippen molar-refractivity contribution in [1.29, 1.82) is 0 Å². The molecule has 2 aliphatic rings. The zero-order valence-corrected chi connectivity index (χ0v) is 11.5. The summed E-state index contributed by atoms with van der Waals surface area (Å²) in [6.07, 6.45) is 0. The largest absolute Gasteiger partial charge is 0.337 e.